The molecule has 0 heterocycles. The third-order valence-corrected chi connectivity index (χ3v) is 4.62. The second kappa shape index (κ2) is 9.04. The quantitative estimate of drug-likeness (QED) is 0.473. The molecule has 0 atom stereocenters. The van der Waals surface area contributed by atoms with Gasteiger partial charge in [-0.05, 0) is 37.1 Å². The highest BCUT2D eigenvalue weighted by Gasteiger charge is 2.16. The Morgan fingerprint density at radius 2 is 1.65 bits per heavy atom. The van der Waals surface area contributed by atoms with Crippen molar-refractivity contribution in [3.8, 4) is 5.75 Å². The maximum absolute atomic E-state index is 12.0. The molecule has 0 spiro atoms. The van der Waals surface area contributed by atoms with Crippen LogP contribution in [-0.2, 0) is 4.79 Å². The first kappa shape index (κ1) is 18.0. The minimum Gasteiger partial charge on any atom is -0.484 e. The summed E-state index contributed by atoms with van der Waals surface area (Å²) in [7, 11) is 0. The van der Waals surface area contributed by atoms with E-state index in [4.69, 9.17) is 4.74 Å². The Morgan fingerprint density at radius 3 is 2.31 bits per heavy atom. The summed E-state index contributed by atoms with van der Waals surface area (Å²) in [5.74, 6) is 0.528. The zero-order chi connectivity index (χ0) is 18.2. The monoisotopic (exact) mass is 352 g/mol. The van der Waals surface area contributed by atoms with Crippen molar-refractivity contribution in [1.29, 1.82) is 0 Å². The van der Waals surface area contributed by atoms with Gasteiger partial charge in [0.15, 0.2) is 6.61 Å². The normalized spacial score (nSPS) is 15.5. The molecule has 1 aliphatic rings. The van der Waals surface area contributed by atoms with E-state index in [1.54, 1.807) is 12.1 Å². The van der Waals surface area contributed by atoms with Crippen LogP contribution in [0.15, 0.2) is 59.8 Å². The van der Waals surface area contributed by atoms with E-state index in [2.05, 4.69) is 10.5 Å². The summed E-state index contributed by atoms with van der Waals surface area (Å²) in [5.41, 5.74) is 2.10. The van der Waals surface area contributed by atoms with Crippen molar-refractivity contribution in [2.24, 2.45) is 5.16 Å². The molecular weight excluding hydrogens is 328 g/mol. The third kappa shape index (κ3) is 4.85. The number of oxime groups is 1. The Balaban J connectivity index is 1.55. The van der Waals surface area contributed by atoms with Crippen molar-refractivity contribution in [3.05, 3.63) is 65.7 Å². The predicted molar refractivity (Wildman–Crippen MR) is 101 cm³/mol. The fourth-order valence-corrected chi connectivity index (χ4v) is 3.25. The van der Waals surface area contributed by atoms with Gasteiger partial charge in [0.2, 0.25) is 0 Å². The molecule has 2 aromatic rings. The van der Waals surface area contributed by atoms with Crippen molar-refractivity contribution in [2.75, 3.05) is 6.61 Å². The van der Waals surface area contributed by atoms with E-state index < -0.39 is 0 Å². The largest absolute Gasteiger partial charge is 0.484 e. The number of nitrogens with one attached hydrogen (secondary N) is 1. The minimum absolute atomic E-state index is 0.00940. The molecule has 5 heteroatoms. The van der Waals surface area contributed by atoms with Crippen LogP contribution in [0.1, 0.15) is 43.2 Å². The molecule has 1 saturated carbocycles. The summed E-state index contributed by atoms with van der Waals surface area (Å²) >= 11 is 0. The number of carbonyl (C=O) groups excluding carboxylic acids is 1. The molecule has 136 valence electrons. The lowest BCUT2D eigenvalue weighted by Gasteiger charge is -2.22. The highest BCUT2D eigenvalue weighted by Crippen LogP contribution is 2.18. The number of hydrogen-bond donors (Lipinski definition) is 2. The first-order valence-electron chi connectivity index (χ1n) is 9.06. The number of ether oxygens (including phenoxy) is 1. The molecule has 2 aromatic carbocycles. The number of rotatable bonds is 6. The van der Waals surface area contributed by atoms with Gasteiger partial charge in [0.05, 0.1) is 0 Å². The standard InChI is InChI=1S/C21H24N2O3/c24-20(22-18-9-5-2-6-10-18)15-26-19-13-11-17(12-14-19)21(23-25)16-7-3-1-4-8-16/h1,3-4,7-8,11-14,18,25H,2,5-6,9-10,15H2,(H,22,24). The first-order valence-corrected chi connectivity index (χ1v) is 9.06. The smallest absolute Gasteiger partial charge is 0.258 e. The van der Waals surface area contributed by atoms with Crippen LogP contribution in [0.25, 0.3) is 0 Å². The Morgan fingerprint density at radius 1 is 1.00 bits per heavy atom. The van der Waals surface area contributed by atoms with E-state index in [9.17, 15) is 10.0 Å². The fourth-order valence-electron chi connectivity index (χ4n) is 3.25. The maximum Gasteiger partial charge on any atom is 0.258 e. The van der Waals surface area contributed by atoms with Crippen LogP contribution in [0.5, 0.6) is 5.75 Å². The molecule has 26 heavy (non-hydrogen) atoms. The van der Waals surface area contributed by atoms with Gasteiger partial charge in [-0.2, -0.15) is 0 Å². The van der Waals surface area contributed by atoms with Crippen LogP contribution in [0.2, 0.25) is 0 Å². The average Bonchev–Trinajstić information content (AvgIpc) is 2.69. The summed E-state index contributed by atoms with van der Waals surface area (Å²) in [6, 6.07) is 16.9. The van der Waals surface area contributed by atoms with Crippen molar-refractivity contribution in [1.82, 2.24) is 5.32 Å². The molecule has 0 aliphatic heterocycles. The van der Waals surface area contributed by atoms with E-state index in [1.165, 1.54) is 19.3 Å². The topological polar surface area (TPSA) is 70.9 Å². The van der Waals surface area contributed by atoms with Gasteiger partial charge in [-0.1, -0.05) is 54.8 Å². The van der Waals surface area contributed by atoms with Gasteiger partial charge >= 0.3 is 0 Å². The summed E-state index contributed by atoms with van der Waals surface area (Å²) in [4.78, 5) is 12.0. The highest BCUT2D eigenvalue weighted by molar-refractivity contribution is 6.12. The van der Waals surface area contributed by atoms with Crippen molar-refractivity contribution in [3.63, 3.8) is 0 Å². The number of hydrogen-bond acceptors (Lipinski definition) is 4. The third-order valence-electron chi connectivity index (χ3n) is 4.62. The average molecular weight is 352 g/mol. The van der Waals surface area contributed by atoms with Crippen LogP contribution in [0.3, 0.4) is 0 Å². The predicted octanol–water partition coefficient (Wildman–Crippen LogP) is 3.74. The Bertz CT molecular complexity index is 736. The van der Waals surface area contributed by atoms with Gasteiger partial charge in [-0.25, -0.2) is 0 Å². The number of nitrogens with zero attached hydrogens (tertiary/aromatic N) is 1. The van der Waals surface area contributed by atoms with Crippen LogP contribution in [-0.4, -0.2) is 29.5 Å². The molecule has 0 radical (unpaired) electrons. The van der Waals surface area contributed by atoms with Gasteiger partial charge in [-0.15, -0.1) is 0 Å². The Hall–Kier alpha value is -2.82. The van der Waals surface area contributed by atoms with Gasteiger partial charge < -0.3 is 15.3 Å². The van der Waals surface area contributed by atoms with Crippen LogP contribution in [0.4, 0.5) is 0 Å². The molecule has 0 unspecified atom stereocenters. The van der Waals surface area contributed by atoms with E-state index >= 15 is 0 Å². The Kier molecular flexibility index (Phi) is 6.25. The summed E-state index contributed by atoms with van der Waals surface area (Å²) < 4.78 is 5.57. The highest BCUT2D eigenvalue weighted by atomic mass is 16.5. The zero-order valence-corrected chi connectivity index (χ0v) is 14.7. The lowest BCUT2D eigenvalue weighted by molar-refractivity contribution is -0.124. The Labute approximate surface area is 153 Å². The molecule has 0 saturated heterocycles. The van der Waals surface area contributed by atoms with Gasteiger partial charge in [0.1, 0.15) is 11.5 Å². The van der Waals surface area contributed by atoms with Crippen molar-refractivity contribution >= 4 is 11.6 Å². The first-order chi connectivity index (χ1) is 12.8. The van der Waals surface area contributed by atoms with E-state index in [0.29, 0.717) is 11.5 Å². The molecule has 1 amide bonds. The number of benzene rings is 2. The molecule has 0 bridgehead atoms. The van der Waals surface area contributed by atoms with Gasteiger partial charge in [0.25, 0.3) is 5.91 Å². The molecule has 2 N–H and O–H groups in total. The van der Waals surface area contributed by atoms with Crippen molar-refractivity contribution in [2.45, 2.75) is 38.1 Å². The van der Waals surface area contributed by atoms with Crippen LogP contribution < -0.4 is 10.1 Å². The second-order valence-corrected chi connectivity index (χ2v) is 6.53. The zero-order valence-electron chi connectivity index (χ0n) is 14.7. The van der Waals surface area contributed by atoms with E-state index in [1.807, 2.05) is 42.5 Å². The van der Waals surface area contributed by atoms with Crippen molar-refractivity contribution < 1.29 is 14.7 Å². The maximum atomic E-state index is 12.0. The lowest BCUT2D eigenvalue weighted by Crippen LogP contribution is -2.38. The van der Waals surface area contributed by atoms with Crippen LogP contribution >= 0.6 is 0 Å². The molecule has 3 rings (SSSR count). The van der Waals surface area contributed by atoms with Gasteiger partial charge in [0, 0.05) is 17.2 Å². The van der Waals surface area contributed by atoms with Crippen LogP contribution in [0, 0.1) is 0 Å². The molecule has 1 fully saturated rings. The molecule has 1 aliphatic carbocycles. The molecular formula is C21H24N2O3. The summed E-state index contributed by atoms with van der Waals surface area (Å²) in [5, 5.41) is 15.8. The fraction of sp³-hybridized carbons (Fsp3) is 0.333. The number of amides is 1. The SMILES string of the molecule is O=C(COc1ccc(C(=NO)c2ccccc2)cc1)NC1CCCCC1. The lowest BCUT2D eigenvalue weighted by atomic mass is 9.95. The summed E-state index contributed by atoms with van der Waals surface area (Å²) in [6.45, 7) is 0.00940. The minimum atomic E-state index is -0.0807. The second-order valence-electron chi connectivity index (χ2n) is 6.53. The molecule has 5 nitrogen and oxygen atoms in total. The number of carbonyl (C=O) groups is 1. The van der Waals surface area contributed by atoms with E-state index in [-0.39, 0.29) is 18.6 Å². The summed E-state index contributed by atoms with van der Waals surface area (Å²) in [6.07, 6.45) is 5.75. The van der Waals surface area contributed by atoms with Gasteiger partial charge in [-0.3, -0.25) is 4.79 Å². The molecule has 0 aromatic heterocycles. The van der Waals surface area contributed by atoms with E-state index in [0.717, 1.165) is 24.0 Å².